The van der Waals surface area contributed by atoms with E-state index in [0.29, 0.717) is 28.0 Å². The smallest absolute Gasteiger partial charge is 0.414 e. The number of benzene rings is 3. The predicted octanol–water partition coefficient (Wildman–Crippen LogP) is 5.78. The highest BCUT2D eigenvalue weighted by Crippen LogP contribution is 2.38. The Morgan fingerprint density at radius 1 is 0.725 bits per heavy atom. The second-order valence-corrected chi connectivity index (χ2v) is 10.6. The number of amides is 1. The number of carboxylic acids is 2. The highest BCUT2D eigenvalue weighted by atomic mass is 35.5. The zero-order chi connectivity index (χ0) is 28.8. The summed E-state index contributed by atoms with van der Waals surface area (Å²) in [6.45, 7) is 4.15. The van der Waals surface area contributed by atoms with Gasteiger partial charge >= 0.3 is 11.9 Å². The van der Waals surface area contributed by atoms with Crippen molar-refractivity contribution in [1.82, 2.24) is 4.90 Å². The fourth-order valence-corrected chi connectivity index (χ4v) is 5.46. The molecular weight excluding hydrogens is 577 g/mol. The lowest BCUT2D eigenvalue weighted by atomic mass is 10.0. The molecule has 0 bridgehead atoms. The molecule has 2 aliphatic rings. The number of para-hydroxylation sites is 1. The topological polar surface area (TPSA) is 101 Å². The first kappa shape index (κ1) is 29.7. The van der Waals surface area contributed by atoms with Crippen LogP contribution in [0.1, 0.15) is 17.5 Å². The first-order valence-corrected chi connectivity index (χ1v) is 13.9. The number of nitrogens with zero attached hydrogens (tertiary/aromatic N) is 3. The summed E-state index contributed by atoms with van der Waals surface area (Å²) < 4.78 is 0. The molecule has 0 radical (unpaired) electrons. The van der Waals surface area contributed by atoms with Gasteiger partial charge in [-0.05, 0) is 54.3 Å². The van der Waals surface area contributed by atoms with Gasteiger partial charge in [-0.2, -0.15) is 0 Å². The minimum absolute atomic E-state index is 0.0955. The van der Waals surface area contributed by atoms with Gasteiger partial charge in [-0.25, -0.2) is 9.59 Å². The SMILES string of the molecule is O=C(CCN1CCN(c2cccc(Cl)c2Cl)CC1)N1c2ccccc2CCc2ccc(Cl)cc21.O=C(O)C(=O)O. The number of carbonyl (C=O) groups excluding carboxylic acids is 1. The lowest BCUT2D eigenvalue weighted by molar-refractivity contribution is -0.159. The van der Waals surface area contributed by atoms with Crippen LogP contribution in [0, 0.1) is 0 Å². The lowest BCUT2D eigenvalue weighted by Crippen LogP contribution is -2.47. The zero-order valence-corrected chi connectivity index (χ0v) is 23.8. The number of anilines is 3. The molecule has 0 saturated carbocycles. The van der Waals surface area contributed by atoms with Crippen LogP contribution in [0.2, 0.25) is 15.1 Å². The first-order chi connectivity index (χ1) is 19.2. The molecule has 1 saturated heterocycles. The summed E-state index contributed by atoms with van der Waals surface area (Å²) in [5.41, 5.74) is 5.19. The number of fused-ring (bicyclic) bond motifs is 2. The van der Waals surface area contributed by atoms with Crippen LogP contribution in [-0.4, -0.2) is 65.7 Å². The molecule has 3 aromatic rings. The van der Waals surface area contributed by atoms with Crippen molar-refractivity contribution in [2.45, 2.75) is 19.3 Å². The van der Waals surface area contributed by atoms with Crippen LogP contribution in [0.4, 0.5) is 17.1 Å². The number of hydrogen-bond acceptors (Lipinski definition) is 5. The highest BCUT2D eigenvalue weighted by molar-refractivity contribution is 6.43. The molecule has 5 rings (SSSR count). The van der Waals surface area contributed by atoms with E-state index < -0.39 is 11.9 Å². The average Bonchev–Trinajstić information content (AvgIpc) is 3.10. The van der Waals surface area contributed by atoms with Crippen LogP contribution in [0.15, 0.2) is 60.7 Å². The molecule has 11 heteroatoms. The van der Waals surface area contributed by atoms with Crippen LogP contribution < -0.4 is 9.80 Å². The van der Waals surface area contributed by atoms with Gasteiger partial charge in [-0.1, -0.05) is 65.1 Å². The van der Waals surface area contributed by atoms with Gasteiger partial charge < -0.3 is 15.1 Å². The summed E-state index contributed by atoms with van der Waals surface area (Å²) in [4.78, 5) is 38.3. The van der Waals surface area contributed by atoms with Crippen LogP contribution in [0.25, 0.3) is 0 Å². The second kappa shape index (κ2) is 13.4. The fraction of sp³-hybridized carbons (Fsp3) is 0.276. The molecule has 3 aromatic carbocycles. The van der Waals surface area contributed by atoms with Crippen molar-refractivity contribution in [3.63, 3.8) is 0 Å². The molecule has 0 atom stereocenters. The van der Waals surface area contributed by atoms with Gasteiger partial charge in [-0.15, -0.1) is 0 Å². The van der Waals surface area contributed by atoms with Crippen LogP contribution >= 0.6 is 34.8 Å². The van der Waals surface area contributed by atoms with Gasteiger partial charge in [0.05, 0.1) is 27.1 Å². The lowest BCUT2D eigenvalue weighted by Gasteiger charge is -2.36. The Kier molecular flexibility index (Phi) is 9.92. The minimum atomic E-state index is -1.82. The molecular formula is C29H28Cl3N3O5. The third kappa shape index (κ3) is 7.06. The molecule has 2 aliphatic heterocycles. The van der Waals surface area contributed by atoms with Gasteiger partial charge in [0.2, 0.25) is 5.91 Å². The van der Waals surface area contributed by atoms with Crippen molar-refractivity contribution in [2.75, 3.05) is 42.5 Å². The monoisotopic (exact) mass is 603 g/mol. The molecule has 210 valence electrons. The molecule has 40 heavy (non-hydrogen) atoms. The number of rotatable bonds is 4. The standard InChI is InChI=1S/C27H26Cl3N3O.C2H2O4/c28-21-11-10-20-9-8-19-4-1-2-6-23(19)33(25(20)18-21)26(34)12-13-31-14-16-32(17-15-31)24-7-3-5-22(29)27(24)30;3-1(4)2(5)6/h1-7,10-11,18H,8-9,12-17H2;(H,3,4)(H,5,6). The molecule has 0 spiro atoms. The summed E-state index contributed by atoms with van der Waals surface area (Å²) in [5, 5.41) is 16.6. The maximum Gasteiger partial charge on any atom is 0.414 e. The average molecular weight is 605 g/mol. The van der Waals surface area contributed by atoms with E-state index in [-0.39, 0.29) is 5.91 Å². The van der Waals surface area contributed by atoms with Crippen molar-refractivity contribution >= 4 is 69.7 Å². The Bertz CT molecular complexity index is 1400. The number of piperazine rings is 1. The maximum atomic E-state index is 13.6. The number of aryl methyl sites for hydroxylation is 2. The zero-order valence-electron chi connectivity index (χ0n) is 21.5. The first-order valence-electron chi connectivity index (χ1n) is 12.7. The van der Waals surface area contributed by atoms with Crippen molar-refractivity contribution in [3.8, 4) is 0 Å². The fourth-order valence-electron chi connectivity index (χ4n) is 4.88. The van der Waals surface area contributed by atoms with Crippen LogP contribution in [-0.2, 0) is 27.2 Å². The Labute approximate surface area is 247 Å². The molecule has 0 aliphatic carbocycles. The molecule has 1 amide bonds. The van der Waals surface area contributed by atoms with Gasteiger partial charge in [-0.3, -0.25) is 14.6 Å². The van der Waals surface area contributed by atoms with Crippen molar-refractivity contribution in [2.24, 2.45) is 0 Å². The van der Waals surface area contributed by atoms with E-state index in [1.807, 2.05) is 59.5 Å². The Hall–Kier alpha value is -3.30. The maximum absolute atomic E-state index is 13.6. The Morgan fingerprint density at radius 3 is 2.02 bits per heavy atom. The molecule has 2 heterocycles. The molecule has 1 fully saturated rings. The molecule has 2 N–H and O–H groups in total. The summed E-state index contributed by atoms with van der Waals surface area (Å²) in [6, 6.07) is 19.8. The normalized spacial score (nSPS) is 14.8. The van der Waals surface area contributed by atoms with E-state index >= 15 is 0 Å². The van der Waals surface area contributed by atoms with Crippen molar-refractivity contribution in [3.05, 3.63) is 86.9 Å². The van der Waals surface area contributed by atoms with Gasteiger partial charge in [0.1, 0.15) is 0 Å². The Balaban J connectivity index is 0.000000557. The van der Waals surface area contributed by atoms with Crippen LogP contribution in [0.5, 0.6) is 0 Å². The van der Waals surface area contributed by atoms with Gasteiger partial charge in [0.25, 0.3) is 0 Å². The summed E-state index contributed by atoms with van der Waals surface area (Å²) in [7, 11) is 0. The van der Waals surface area contributed by atoms with E-state index in [0.717, 1.165) is 61.6 Å². The van der Waals surface area contributed by atoms with E-state index in [1.165, 1.54) is 5.56 Å². The summed E-state index contributed by atoms with van der Waals surface area (Å²) >= 11 is 18.9. The number of carboxylic acid groups (broad SMARTS) is 2. The molecule has 0 unspecified atom stereocenters. The minimum Gasteiger partial charge on any atom is -0.473 e. The third-order valence-corrected chi connectivity index (χ3v) is 7.95. The quantitative estimate of drug-likeness (QED) is 0.364. The summed E-state index contributed by atoms with van der Waals surface area (Å²) in [6.07, 6.45) is 2.24. The van der Waals surface area contributed by atoms with E-state index in [9.17, 15) is 4.79 Å². The van der Waals surface area contributed by atoms with Crippen molar-refractivity contribution in [1.29, 1.82) is 0 Å². The van der Waals surface area contributed by atoms with E-state index in [1.54, 1.807) is 0 Å². The Morgan fingerprint density at radius 2 is 1.35 bits per heavy atom. The number of aliphatic carboxylic acids is 2. The number of halogens is 3. The second-order valence-electron chi connectivity index (χ2n) is 9.39. The third-order valence-electron chi connectivity index (χ3n) is 6.90. The van der Waals surface area contributed by atoms with Gasteiger partial charge in [0.15, 0.2) is 0 Å². The highest BCUT2D eigenvalue weighted by Gasteiger charge is 2.27. The number of carbonyl (C=O) groups is 3. The summed E-state index contributed by atoms with van der Waals surface area (Å²) in [5.74, 6) is -3.55. The predicted molar refractivity (Wildman–Crippen MR) is 157 cm³/mol. The van der Waals surface area contributed by atoms with Crippen LogP contribution in [0.3, 0.4) is 0 Å². The van der Waals surface area contributed by atoms with E-state index in [2.05, 4.69) is 15.9 Å². The molecule has 0 aromatic heterocycles. The number of hydrogen-bond donors (Lipinski definition) is 2. The van der Waals surface area contributed by atoms with E-state index in [4.69, 9.17) is 54.6 Å². The van der Waals surface area contributed by atoms with Gasteiger partial charge in [0, 0.05) is 44.2 Å². The molecule has 8 nitrogen and oxygen atoms in total. The largest absolute Gasteiger partial charge is 0.473 e. The van der Waals surface area contributed by atoms with Crippen molar-refractivity contribution < 1.29 is 24.6 Å².